The van der Waals surface area contributed by atoms with Gasteiger partial charge in [0.15, 0.2) is 0 Å². The Balaban J connectivity index is 1.23. The summed E-state index contributed by atoms with van der Waals surface area (Å²) in [6.45, 7) is 5.74. The van der Waals surface area contributed by atoms with Gasteiger partial charge in [-0.2, -0.15) is 0 Å². The van der Waals surface area contributed by atoms with E-state index >= 15 is 0 Å². The Kier molecular flexibility index (Phi) is 12.5. The van der Waals surface area contributed by atoms with E-state index in [1.807, 2.05) is 16.3 Å². The number of nitrogens with zero attached hydrogens (tertiary/aromatic N) is 4. The van der Waals surface area contributed by atoms with Gasteiger partial charge in [0.05, 0.1) is 42.7 Å². The molecule has 2 fully saturated rings. The van der Waals surface area contributed by atoms with E-state index in [1.165, 1.54) is 31.1 Å². The zero-order chi connectivity index (χ0) is 35.9. The van der Waals surface area contributed by atoms with Crippen LogP contribution in [-0.4, -0.2) is 97.1 Å². The number of ether oxygens (including phenoxy) is 2. The normalized spacial score (nSPS) is 20.3. The first-order valence-corrected chi connectivity index (χ1v) is 18.9. The van der Waals surface area contributed by atoms with Crippen LogP contribution in [0, 0.1) is 0 Å². The van der Waals surface area contributed by atoms with E-state index in [4.69, 9.17) is 32.7 Å². The number of aromatic nitrogens is 1. The highest BCUT2D eigenvalue weighted by Crippen LogP contribution is 2.46. The van der Waals surface area contributed by atoms with Crippen molar-refractivity contribution in [3.05, 3.63) is 109 Å². The number of amides is 1. The summed E-state index contributed by atoms with van der Waals surface area (Å²) >= 11 is 15.0. The Labute approximate surface area is 313 Å². The molecule has 6 rings (SSSR count). The fraction of sp³-hybridized carbons (Fsp3) is 0.421. The van der Waals surface area contributed by atoms with Crippen LogP contribution in [0.5, 0.6) is 0 Å². The van der Waals surface area contributed by atoms with Crippen LogP contribution in [0.2, 0.25) is 10.0 Å². The van der Waals surface area contributed by atoms with Gasteiger partial charge in [-0.25, -0.2) is 14.6 Å². The zero-order valence-electron chi connectivity index (χ0n) is 28.9. The minimum atomic E-state index is -1.04. The molecule has 2 aromatic carbocycles. The molecule has 1 N–H and O–H groups in total. The van der Waals surface area contributed by atoms with Crippen molar-refractivity contribution in [2.24, 2.45) is 0 Å². The summed E-state index contributed by atoms with van der Waals surface area (Å²) in [5, 5.41) is 6.62. The van der Waals surface area contributed by atoms with Crippen molar-refractivity contribution in [3.63, 3.8) is 0 Å². The van der Waals surface area contributed by atoms with Gasteiger partial charge in [0.25, 0.3) is 0 Å². The number of nitrogens with one attached hydrogen (secondary N) is 1. The Morgan fingerprint density at radius 1 is 0.882 bits per heavy atom. The lowest BCUT2D eigenvalue weighted by atomic mass is 9.78. The Bertz CT molecular complexity index is 1760. The van der Waals surface area contributed by atoms with E-state index in [2.05, 4.69) is 44.4 Å². The van der Waals surface area contributed by atoms with Gasteiger partial charge >= 0.3 is 11.9 Å². The van der Waals surface area contributed by atoms with E-state index in [0.717, 1.165) is 50.6 Å². The van der Waals surface area contributed by atoms with Crippen molar-refractivity contribution in [3.8, 4) is 0 Å². The number of likely N-dealkylation sites (tertiary alicyclic amines) is 1. The number of hydrogen-bond acceptors (Lipinski definition) is 10. The second kappa shape index (κ2) is 17.2. The number of piperidine rings is 1. The first-order valence-electron chi connectivity index (χ1n) is 17.3. The first kappa shape index (κ1) is 37.0. The first-order chi connectivity index (χ1) is 24.8. The molecule has 4 heterocycles. The number of rotatable bonds is 11. The maximum Gasteiger partial charge on any atom is 0.336 e. The maximum absolute atomic E-state index is 14.1. The zero-order valence-corrected chi connectivity index (χ0v) is 31.2. The van der Waals surface area contributed by atoms with Gasteiger partial charge in [-0.3, -0.25) is 14.6 Å². The molecular weight excluding hydrogens is 709 g/mol. The van der Waals surface area contributed by atoms with Gasteiger partial charge in [-0.1, -0.05) is 59.6 Å². The van der Waals surface area contributed by atoms with E-state index in [1.54, 1.807) is 24.4 Å². The third-order valence-corrected chi connectivity index (χ3v) is 11.4. The highest BCUT2D eigenvalue weighted by Gasteiger charge is 2.42. The highest BCUT2D eigenvalue weighted by atomic mass is 35.5. The number of methoxy groups -OCH3 is 2. The number of aryl methyl sites for hydroxylation is 1. The molecule has 51 heavy (non-hydrogen) atoms. The second-order valence-electron chi connectivity index (χ2n) is 13.0. The Morgan fingerprint density at radius 3 is 2.22 bits per heavy atom. The Hall–Kier alpha value is -3.74. The van der Waals surface area contributed by atoms with Crippen LogP contribution in [0.25, 0.3) is 0 Å². The number of dihydropyridines is 1. The largest absolute Gasteiger partial charge is 0.466 e. The molecule has 2 unspecified atom stereocenters. The minimum Gasteiger partial charge on any atom is -0.466 e. The van der Waals surface area contributed by atoms with Crippen LogP contribution in [-0.2, 0) is 36.8 Å². The SMILES string of the molecule is COC(=O)C1=C(CCc2nccs2)NC(CC(=O)N2CCN(C3CCCN(Cc4ccccc4)C3)CC2)=C(C(=O)OC)C1c1c(Cl)cccc1Cl. The predicted molar refractivity (Wildman–Crippen MR) is 198 cm³/mol. The number of piperazine rings is 1. The van der Waals surface area contributed by atoms with Gasteiger partial charge in [-0.05, 0) is 43.5 Å². The average Bonchev–Trinajstić information content (AvgIpc) is 3.68. The standard InChI is InChI=1S/C38H43Cl2N5O5S/c1-49-37(47)34-29(13-14-31-41-15-21-51-31)42-30(35(38(48)50-2)36(34)33-27(39)11-6-12-28(33)40)22-32(46)45-19-17-44(18-20-45)26-10-7-16-43(24-26)23-25-8-4-3-5-9-25/h3-6,8-9,11-12,15,21,26,36,42H,7,10,13-14,16-20,22-24H2,1-2H3. The average molecular weight is 753 g/mol. The summed E-state index contributed by atoms with van der Waals surface area (Å²) in [6.07, 6.45) is 4.80. The lowest BCUT2D eigenvalue weighted by molar-refractivity contribution is -0.137. The maximum atomic E-state index is 14.1. The fourth-order valence-electron chi connectivity index (χ4n) is 7.45. The van der Waals surface area contributed by atoms with Crippen LogP contribution in [0.15, 0.2) is 82.6 Å². The molecule has 0 spiro atoms. The minimum absolute atomic E-state index is 0.0959. The molecule has 3 aromatic rings. The number of hydrogen-bond donors (Lipinski definition) is 1. The molecule has 3 aliphatic rings. The third kappa shape index (κ3) is 8.67. The number of allylic oxidation sites excluding steroid dienone is 1. The molecule has 2 atom stereocenters. The van der Waals surface area contributed by atoms with Crippen molar-refractivity contribution < 1.29 is 23.9 Å². The summed E-state index contributed by atoms with van der Waals surface area (Å²) in [4.78, 5) is 52.6. The van der Waals surface area contributed by atoms with Crippen molar-refractivity contribution in [1.29, 1.82) is 0 Å². The molecule has 0 radical (unpaired) electrons. The summed E-state index contributed by atoms with van der Waals surface area (Å²) < 4.78 is 10.5. The number of halogens is 2. The molecule has 0 bridgehead atoms. The number of thiazole rings is 1. The molecular formula is C38H43Cl2N5O5S. The third-order valence-electron chi connectivity index (χ3n) is 9.94. The molecule has 2 saturated heterocycles. The van der Waals surface area contributed by atoms with Gasteiger partial charge in [0.1, 0.15) is 0 Å². The summed E-state index contributed by atoms with van der Waals surface area (Å²) in [5.41, 5.74) is 2.82. The molecule has 0 saturated carbocycles. The predicted octanol–water partition coefficient (Wildman–Crippen LogP) is 5.82. The van der Waals surface area contributed by atoms with Crippen LogP contribution in [0.1, 0.15) is 47.7 Å². The van der Waals surface area contributed by atoms with Gasteiger partial charge in [-0.15, -0.1) is 11.3 Å². The van der Waals surface area contributed by atoms with Crippen LogP contribution in [0.3, 0.4) is 0 Å². The number of carbonyl (C=O) groups is 3. The molecule has 3 aliphatic heterocycles. The number of esters is 2. The molecule has 1 aromatic heterocycles. The van der Waals surface area contributed by atoms with Crippen molar-refractivity contribution >= 4 is 52.4 Å². The molecule has 10 nitrogen and oxygen atoms in total. The van der Waals surface area contributed by atoms with Gasteiger partial charge < -0.3 is 19.7 Å². The van der Waals surface area contributed by atoms with E-state index < -0.39 is 17.9 Å². The quantitative estimate of drug-likeness (QED) is 0.243. The lowest BCUT2D eigenvalue weighted by Gasteiger charge is -2.43. The van der Waals surface area contributed by atoms with E-state index in [-0.39, 0.29) is 33.5 Å². The topological polar surface area (TPSA) is 104 Å². The van der Waals surface area contributed by atoms with Gasteiger partial charge in [0, 0.05) is 90.3 Å². The van der Waals surface area contributed by atoms with Gasteiger partial charge in [0.2, 0.25) is 5.91 Å². The highest BCUT2D eigenvalue weighted by molar-refractivity contribution is 7.09. The summed E-state index contributed by atoms with van der Waals surface area (Å²) in [6, 6.07) is 16.0. The summed E-state index contributed by atoms with van der Waals surface area (Å²) in [7, 11) is 2.55. The molecule has 0 aliphatic carbocycles. The van der Waals surface area contributed by atoms with Crippen LogP contribution >= 0.6 is 34.5 Å². The molecule has 270 valence electrons. The number of benzene rings is 2. The number of carbonyl (C=O) groups excluding carboxylic acids is 3. The summed E-state index contributed by atoms with van der Waals surface area (Å²) in [5.74, 6) is -2.51. The van der Waals surface area contributed by atoms with Crippen molar-refractivity contribution in [2.75, 3.05) is 53.5 Å². The van der Waals surface area contributed by atoms with Crippen LogP contribution < -0.4 is 5.32 Å². The van der Waals surface area contributed by atoms with Crippen molar-refractivity contribution in [1.82, 2.24) is 25.0 Å². The van der Waals surface area contributed by atoms with Crippen molar-refractivity contribution in [2.45, 2.75) is 50.6 Å². The second-order valence-corrected chi connectivity index (χ2v) is 14.8. The molecule has 1 amide bonds. The molecule has 13 heteroatoms. The monoisotopic (exact) mass is 751 g/mol. The lowest BCUT2D eigenvalue weighted by Crippen LogP contribution is -2.56. The van der Waals surface area contributed by atoms with E-state index in [0.29, 0.717) is 48.9 Å². The fourth-order valence-corrected chi connectivity index (χ4v) is 8.68. The smallest absolute Gasteiger partial charge is 0.336 e. The van der Waals surface area contributed by atoms with E-state index in [9.17, 15) is 14.4 Å². The van der Waals surface area contributed by atoms with Crippen LogP contribution in [0.4, 0.5) is 0 Å². The Morgan fingerprint density at radius 2 is 1.57 bits per heavy atom.